The molecule has 1 rings (SSSR count). The van der Waals surface area contributed by atoms with Gasteiger partial charge in [0.05, 0.1) is 31.0 Å². The summed E-state index contributed by atoms with van der Waals surface area (Å²) in [5.74, 6) is -4.21. The van der Waals surface area contributed by atoms with Crippen LogP contribution in [0.5, 0.6) is 0 Å². The van der Waals surface area contributed by atoms with Crippen molar-refractivity contribution in [1.29, 1.82) is 0 Å². The molecule has 0 fully saturated rings. The van der Waals surface area contributed by atoms with Gasteiger partial charge >= 0.3 is 23.9 Å². The van der Waals surface area contributed by atoms with Gasteiger partial charge in [-0.05, 0) is 104 Å². The standard InChI is InChI=1S/C59H101N3O14/c1-38-27-28-39(2)50(72-18)31-29-40(3)56(67)44(7)52(76-59(69)49(36-70-16)61(13)14)24-20-19-21-26-54(65)74-51(25-22-23-48(35-38)71-17)43(6)55(66)41(4)30-32-53(75-58(68)46(9)60(11)12)45(8)57(73-47(10)64)42(5)33-34-62(15)37-63/h19-23,26,28,33-34,37-38,40-46,48-53,55-57,66-67H,24-25,27,29-32,35-36H2,1-18H3/b20-19+,23-22+,26-21+,34-33+,39-28+/t38-,40-,41+,42+,43-,44-,45+,46+,48+,49+,50+,51+,52-,53-,55+,56-,57-/m1/s1. The number of aliphatic hydroxyl groups is 2. The quantitative estimate of drug-likeness (QED) is 0.0435. The normalized spacial score (nSPS) is 28.6. The largest absolute Gasteiger partial charge is 0.462 e. The van der Waals surface area contributed by atoms with Crippen molar-refractivity contribution in [2.45, 2.75) is 182 Å². The summed E-state index contributed by atoms with van der Waals surface area (Å²) in [6.45, 7) is 18.8. The third-order valence-electron chi connectivity index (χ3n) is 15.2. The van der Waals surface area contributed by atoms with E-state index in [0.29, 0.717) is 32.1 Å². The zero-order chi connectivity index (χ0) is 57.8. The first-order chi connectivity index (χ1) is 35.7. The predicted molar refractivity (Wildman–Crippen MR) is 297 cm³/mol. The van der Waals surface area contributed by atoms with Crippen LogP contribution in [0.4, 0.5) is 0 Å². The number of amides is 1. The van der Waals surface area contributed by atoms with Crippen LogP contribution in [0.3, 0.4) is 0 Å². The molecule has 0 aromatic rings. The molecule has 0 aliphatic carbocycles. The Morgan fingerprint density at radius 1 is 0.868 bits per heavy atom. The average Bonchev–Trinajstić information content (AvgIpc) is 3.38. The van der Waals surface area contributed by atoms with Crippen LogP contribution in [0.2, 0.25) is 0 Å². The molecule has 0 saturated heterocycles. The highest BCUT2D eigenvalue weighted by Gasteiger charge is 2.38. The van der Waals surface area contributed by atoms with Crippen LogP contribution in [-0.2, 0) is 57.1 Å². The van der Waals surface area contributed by atoms with Crippen molar-refractivity contribution < 1.29 is 67.3 Å². The first-order valence-electron chi connectivity index (χ1n) is 27.3. The fraction of sp³-hybridized carbons (Fsp3) is 0.746. The number of rotatable bonds is 23. The van der Waals surface area contributed by atoms with Gasteiger partial charge in [0, 0.05) is 84.1 Å². The summed E-state index contributed by atoms with van der Waals surface area (Å²) in [5.41, 5.74) is 1.10. The molecule has 17 heteroatoms. The molecule has 1 heterocycles. The third-order valence-corrected chi connectivity index (χ3v) is 15.2. The highest BCUT2D eigenvalue weighted by atomic mass is 16.6. The summed E-state index contributed by atoms with van der Waals surface area (Å²) in [6, 6.07) is -1.23. The number of hydrogen-bond donors (Lipinski definition) is 2. The number of cyclic esters (lactones) is 1. The second kappa shape index (κ2) is 36.8. The number of aliphatic hydroxyl groups excluding tert-OH is 2. The van der Waals surface area contributed by atoms with Crippen LogP contribution >= 0.6 is 0 Å². The first kappa shape index (κ1) is 69.8. The SMILES string of the molecule is COC[C@@H](C(=O)O[C@@H]1C/C=C/C=C/C(=O)O[C@H]([C@@H](C)[C@@H](O)[C@@H](C)CC[C@@H](OC(=O)[C@H](C)N(C)C)[C@H](C)[C@H](OC(C)=O)[C@@H](C)/C=C/N(C)C=O)C/C=C/[C@H](OC)C[C@H](C)C/C=C(\C)[C@@H](OC)CC[C@@H](C)[C@@H](O)[C@@H]1C)N(C)C. The second-order valence-electron chi connectivity index (χ2n) is 21.9. The van der Waals surface area contributed by atoms with E-state index in [0.717, 1.165) is 18.4 Å². The summed E-state index contributed by atoms with van der Waals surface area (Å²) >= 11 is 0. The van der Waals surface area contributed by atoms with Crippen molar-refractivity contribution >= 4 is 30.3 Å². The predicted octanol–water partition coefficient (Wildman–Crippen LogP) is 7.74. The average molecular weight is 1080 g/mol. The van der Waals surface area contributed by atoms with E-state index in [1.54, 1.807) is 96.7 Å². The minimum absolute atomic E-state index is 0.129. The van der Waals surface area contributed by atoms with Gasteiger partial charge in [0.25, 0.3) is 0 Å². The molecule has 0 bridgehead atoms. The highest BCUT2D eigenvalue weighted by Crippen LogP contribution is 2.32. The molecule has 436 valence electrons. The molecule has 0 radical (unpaired) electrons. The van der Waals surface area contributed by atoms with E-state index in [-0.39, 0.29) is 55.3 Å². The zero-order valence-electron chi connectivity index (χ0n) is 49.6. The Labute approximate surface area is 457 Å². The number of ether oxygens (including phenoxy) is 7. The van der Waals surface area contributed by atoms with E-state index in [1.165, 1.54) is 25.0 Å². The molecule has 17 nitrogen and oxygen atoms in total. The van der Waals surface area contributed by atoms with Crippen molar-refractivity contribution in [3.8, 4) is 0 Å². The van der Waals surface area contributed by atoms with Gasteiger partial charge < -0.3 is 48.3 Å². The molecule has 0 saturated carbocycles. The number of esters is 4. The minimum atomic E-state index is -0.973. The molecule has 1 aliphatic heterocycles. The summed E-state index contributed by atoms with van der Waals surface area (Å²) in [6.07, 6.45) is 15.5. The summed E-state index contributed by atoms with van der Waals surface area (Å²) in [7, 11) is 13.6. The molecule has 0 aromatic carbocycles. The topological polar surface area (TPSA) is 200 Å². The van der Waals surface area contributed by atoms with Gasteiger partial charge in [-0.2, -0.15) is 0 Å². The van der Waals surface area contributed by atoms with Gasteiger partial charge in [-0.15, -0.1) is 0 Å². The first-order valence-corrected chi connectivity index (χ1v) is 27.3. The van der Waals surface area contributed by atoms with Gasteiger partial charge in [-0.3, -0.25) is 29.0 Å². The minimum Gasteiger partial charge on any atom is -0.462 e. The van der Waals surface area contributed by atoms with Crippen LogP contribution in [0.1, 0.15) is 121 Å². The van der Waals surface area contributed by atoms with Crippen LogP contribution in [0.15, 0.2) is 60.4 Å². The molecule has 0 spiro atoms. The molecule has 17 atom stereocenters. The van der Waals surface area contributed by atoms with E-state index in [2.05, 4.69) is 19.9 Å². The molecule has 0 aromatic heterocycles. The lowest BCUT2D eigenvalue weighted by atomic mass is 9.82. The summed E-state index contributed by atoms with van der Waals surface area (Å²) in [5, 5.41) is 23.8. The van der Waals surface area contributed by atoms with Gasteiger partial charge in [-0.25, -0.2) is 4.79 Å². The fourth-order valence-electron chi connectivity index (χ4n) is 9.39. The Balaban J connectivity index is 3.70. The number of likely N-dealkylation sites (N-methyl/N-ethyl adjacent to an activating group) is 2. The Hall–Kier alpha value is -4.23. The molecular weight excluding hydrogens is 975 g/mol. The molecule has 1 aliphatic rings. The van der Waals surface area contributed by atoms with Crippen molar-refractivity contribution in [1.82, 2.24) is 14.7 Å². The van der Waals surface area contributed by atoms with E-state index in [9.17, 15) is 34.2 Å². The summed E-state index contributed by atoms with van der Waals surface area (Å²) in [4.78, 5) is 69.3. The Bertz CT molecular complexity index is 1870. The van der Waals surface area contributed by atoms with Gasteiger partial charge in [-0.1, -0.05) is 91.0 Å². The van der Waals surface area contributed by atoms with Crippen molar-refractivity contribution in [3.05, 3.63) is 60.4 Å². The van der Waals surface area contributed by atoms with Gasteiger partial charge in [0.1, 0.15) is 36.5 Å². The molecule has 1 amide bonds. The molecule has 0 unspecified atom stereocenters. The van der Waals surface area contributed by atoms with Crippen LogP contribution in [-0.4, -0.2) is 179 Å². The number of hydrogen-bond acceptors (Lipinski definition) is 16. The molecule has 2 N–H and O–H groups in total. The molecule has 76 heavy (non-hydrogen) atoms. The van der Waals surface area contributed by atoms with Crippen LogP contribution in [0, 0.1) is 41.4 Å². The Morgan fingerprint density at radius 2 is 1.54 bits per heavy atom. The van der Waals surface area contributed by atoms with Crippen molar-refractivity contribution in [2.75, 3.05) is 63.2 Å². The highest BCUT2D eigenvalue weighted by molar-refractivity contribution is 5.82. The van der Waals surface area contributed by atoms with E-state index >= 15 is 0 Å². The maximum atomic E-state index is 13.6. The smallest absolute Gasteiger partial charge is 0.331 e. The lowest BCUT2D eigenvalue weighted by molar-refractivity contribution is -0.166. The van der Waals surface area contributed by atoms with E-state index < -0.39 is 90.3 Å². The van der Waals surface area contributed by atoms with E-state index in [4.69, 9.17) is 33.2 Å². The number of nitrogens with zero attached hydrogens (tertiary/aromatic N) is 3. The summed E-state index contributed by atoms with van der Waals surface area (Å²) < 4.78 is 41.5. The molecular formula is C59H101N3O14. The fourth-order valence-corrected chi connectivity index (χ4v) is 9.39. The maximum absolute atomic E-state index is 13.6. The second-order valence-corrected chi connectivity index (χ2v) is 21.9. The Morgan fingerprint density at radius 3 is 2.12 bits per heavy atom. The number of allylic oxidation sites excluding steroid dienone is 3. The number of carbonyl (C=O) groups excluding carboxylic acids is 5. The third kappa shape index (κ3) is 25.1. The van der Waals surface area contributed by atoms with Gasteiger partial charge in [0.15, 0.2) is 0 Å². The van der Waals surface area contributed by atoms with Crippen molar-refractivity contribution in [2.24, 2.45) is 41.4 Å². The maximum Gasteiger partial charge on any atom is 0.331 e. The van der Waals surface area contributed by atoms with E-state index in [1.807, 2.05) is 53.7 Å². The number of carbonyl (C=O) groups is 5. The van der Waals surface area contributed by atoms with Crippen LogP contribution in [0.25, 0.3) is 0 Å². The van der Waals surface area contributed by atoms with Crippen molar-refractivity contribution in [3.63, 3.8) is 0 Å². The zero-order valence-corrected chi connectivity index (χ0v) is 49.6. The lowest BCUT2D eigenvalue weighted by Gasteiger charge is -2.35. The lowest BCUT2D eigenvalue weighted by Crippen LogP contribution is -2.44. The van der Waals surface area contributed by atoms with Gasteiger partial charge in [0.2, 0.25) is 6.41 Å². The Kier molecular flexibility index (Phi) is 33.8. The van der Waals surface area contributed by atoms with Crippen LogP contribution < -0.4 is 0 Å². The monoisotopic (exact) mass is 1080 g/mol. The number of methoxy groups -OCH3 is 3.